The molecule has 0 saturated heterocycles. The molecule has 0 atom stereocenters. The van der Waals surface area contributed by atoms with Crippen molar-refractivity contribution in [2.45, 2.75) is 25.3 Å². The van der Waals surface area contributed by atoms with E-state index in [1.165, 1.54) is 6.08 Å². The number of nitrogens with zero attached hydrogens (tertiary/aromatic N) is 2. The highest BCUT2D eigenvalue weighted by molar-refractivity contribution is 7.71. The minimum absolute atomic E-state index is 0.160. The quantitative estimate of drug-likeness (QED) is 0.525. The molecule has 4 rings (SSSR count). The smallest absolute Gasteiger partial charge is 0.244 e. The summed E-state index contributed by atoms with van der Waals surface area (Å²) in [6, 6.07) is 10.1. The first kappa shape index (κ1) is 15.8. The van der Waals surface area contributed by atoms with Gasteiger partial charge in [-0.25, -0.2) is 0 Å². The van der Waals surface area contributed by atoms with Gasteiger partial charge in [-0.2, -0.15) is 5.10 Å². The van der Waals surface area contributed by atoms with Crippen molar-refractivity contribution in [1.29, 1.82) is 0 Å². The van der Waals surface area contributed by atoms with E-state index in [2.05, 4.69) is 20.1 Å². The summed E-state index contributed by atoms with van der Waals surface area (Å²) in [6.45, 7) is 0.510. The van der Waals surface area contributed by atoms with Crippen LogP contribution in [0, 0.1) is 4.77 Å². The lowest BCUT2D eigenvalue weighted by Gasteiger charge is -2.05. The SMILES string of the molecule is O=C(C=Cc1cc2ccccc2o1)NCCc1n[nH]c(=S)n1C1CC1. The number of para-hydroxylation sites is 1. The average molecular weight is 354 g/mol. The van der Waals surface area contributed by atoms with Crippen LogP contribution in [0.25, 0.3) is 17.0 Å². The monoisotopic (exact) mass is 354 g/mol. The van der Waals surface area contributed by atoms with Crippen LogP contribution < -0.4 is 5.32 Å². The number of carbonyl (C=O) groups excluding carboxylic acids is 1. The summed E-state index contributed by atoms with van der Waals surface area (Å²) < 4.78 is 8.37. The van der Waals surface area contributed by atoms with Gasteiger partial charge < -0.3 is 14.3 Å². The molecule has 1 amide bonds. The molecule has 2 aromatic heterocycles. The van der Waals surface area contributed by atoms with Gasteiger partial charge in [-0.05, 0) is 43.3 Å². The third kappa shape index (κ3) is 3.56. The Kier molecular flexibility index (Phi) is 4.23. The number of amides is 1. The number of aromatic amines is 1. The zero-order chi connectivity index (χ0) is 17.2. The van der Waals surface area contributed by atoms with Crippen molar-refractivity contribution < 1.29 is 9.21 Å². The molecular weight excluding hydrogens is 336 g/mol. The molecule has 0 aliphatic heterocycles. The van der Waals surface area contributed by atoms with E-state index < -0.39 is 0 Å². The second-order valence-electron chi connectivity index (χ2n) is 6.11. The van der Waals surface area contributed by atoms with E-state index in [-0.39, 0.29) is 5.91 Å². The summed E-state index contributed by atoms with van der Waals surface area (Å²) in [5.74, 6) is 1.40. The molecular formula is C18H18N4O2S. The van der Waals surface area contributed by atoms with E-state index in [1.54, 1.807) is 6.08 Å². The molecule has 1 fully saturated rings. The van der Waals surface area contributed by atoms with E-state index in [0.29, 0.717) is 29.5 Å². The third-order valence-corrected chi connectivity index (χ3v) is 4.47. The van der Waals surface area contributed by atoms with Gasteiger partial charge >= 0.3 is 0 Å². The fourth-order valence-electron chi connectivity index (χ4n) is 2.82. The molecule has 6 nitrogen and oxygen atoms in total. The Bertz CT molecular complexity index is 961. The van der Waals surface area contributed by atoms with Gasteiger partial charge in [0.25, 0.3) is 0 Å². The van der Waals surface area contributed by atoms with Gasteiger partial charge in [-0.15, -0.1) is 0 Å². The van der Waals surface area contributed by atoms with E-state index >= 15 is 0 Å². The molecule has 1 aliphatic rings. The summed E-state index contributed by atoms with van der Waals surface area (Å²) in [7, 11) is 0. The molecule has 1 aliphatic carbocycles. The Hall–Kier alpha value is -2.67. The van der Waals surface area contributed by atoms with Crippen molar-refractivity contribution in [1.82, 2.24) is 20.1 Å². The van der Waals surface area contributed by atoms with Crippen molar-refractivity contribution >= 4 is 35.2 Å². The van der Waals surface area contributed by atoms with Crippen molar-refractivity contribution in [3.05, 3.63) is 52.8 Å². The first-order valence-corrected chi connectivity index (χ1v) is 8.72. The second kappa shape index (κ2) is 6.68. The van der Waals surface area contributed by atoms with Crippen molar-refractivity contribution in [2.24, 2.45) is 0 Å². The Balaban J connectivity index is 1.32. The number of nitrogens with one attached hydrogen (secondary N) is 2. The number of H-pyrrole nitrogens is 1. The molecule has 7 heteroatoms. The predicted molar refractivity (Wildman–Crippen MR) is 97.6 cm³/mol. The summed E-state index contributed by atoms with van der Waals surface area (Å²) in [4.78, 5) is 12.0. The maximum Gasteiger partial charge on any atom is 0.244 e. The van der Waals surface area contributed by atoms with Crippen LogP contribution in [0.2, 0.25) is 0 Å². The number of furan rings is 1. The van der Waals surface area contributed by atoms with Gasteiger partial charge in [0, 0.05) is 30.5 Å². The van der Waals surface area contributed by atoms with E-state index in [9.17, 15) is 4.79 Å². The molecule has 0 spiro atoms. The highest BCUT2D eigenvalue weighted by Gasteiger charge is 2.26. The fourth-order valence-corrected chi connectivity index (χ4v) is 3.12. The standard InChI is InChI=1S/C18H18N4O2S/c23-17(8-7-14-11-12-3-1-2-4-15(12)24-14)19-10-9-16-20-21-18(25)22(16)13-5-6-13/h1-4,7-8,11,13H,5-6,9-10H2,(H,19,23)(H,21,25). The van der Waals surface area contributed by atoms with Crippen LogP contribution in [-0.2, 0) is 11.2 Å². The van der Waals surface area contributed by atoms with E-state index in [4.69, 9.17) is 16.6 Å². The second-order valence-corrected chi connectivity index (χ2v) is 6.49. The van der Waals surface area contributed by atoms with Crippen LogP contribution >= 0.6 is 12.2 Å². The number of carbonyl (C=O) groups is 1. The van der Waals surface area contributed by atoms with Crippen molar-refractivity contribution in [3.8, 4) is 0 Å². The summed E-state index contributed by atoms with van der Waals surface area (Å²) in [5.41, 5.74) is 0.811. The lowest BCUT2D eigenvalue weighted by molar-refractivity contribution is -0.116. The Morgan fingerprint density at radius 3 is 3.08 bits per heavy atom. The molecule has 1 aromatic carbocycles. The molecule has 128 valence electrons. The summed E-state index contributed by atoms with van der Waals surface area (Å²) >= 11 is 5.25. The summed E-state index contributed by atoms with van der Waals surface area (Å²) in [6.07, 6.45) is 6.10. The molecule has 2 heterocycles. The van der Waals surface area contributed by atoms with Gasteiger partial charge in [0.1, 0.15) is 17.2 Å². The van der Waals surface area contributed by atoms with Gasteiger partial charge in [-0.3, -0.25) is 9.89 Å². The van der Waals surface area contributed by atoms with E-state index in [0.717, 1.165) is 29.6 Å². The molecule has 0 bridgehead atoms. The lowest BCUT2D eigenvalue weighted by Crippen LogP contribution is -2.24. The van der Waals surface area contributed by atoms with Crippen LogP contribution in [0.15, 0.2) is 40.8 Å². The molecule has 25 heavy (non-hydrogen) atoms. The van der Waals surface area contributed by atoms with Crippen LogP contribution in [0.4, 0.5) is 0 Å². The van der Waals surface area contributed by atoms with Gasteiger partial charge in [-0.1, -0.05) is 18.2 Å². The Morgan fingerprint density at radius 1 is 1.44 bits per heavy atom. The minimum Gasteiger partial charge on any atom is -0.457 e. The number of aromatic nitrogens is 3. The molecule has 2 N–H and O–H groups in total. The lowest BCUT2D eigenvalue weighted by atomic mass is 10.2. The normalized spacial score (nSPS) is 14.4. The molecule has 0 radical (unpaired) electrons. The highest BCUT2D eigenvalue weighted by atomic mass is 32.1. The molecule has 3 aromatic rings. The Labute approximate surface area is 149 Å². The van der Waals surface area contributed by atoms with Crippen LogP contribution in [-0.4, -0.2) is 27.2 Å². The maximum absolute atomic E-state index is 12.0. The summed E-state index contributed by atoms with van der Waals surface area (Å²) in [5, 5.41) is 11.0. The van der Waals surface area contributed by atoms with Crippen molar-refractivity contribution in [3.63, 3.8) is 0 Å². The van der Waals surface area contributed by atoms with E-state index in [1.807, 2.05) is 30.3 Å². The van der Waals surface area contributed by atoms with Gasteiger partial charge in [0.05, 0.1) is 0 Å². The average Bonchev–Trinajstić information content (AvgIpc) is 3.24. The zero-order valence-electron chi connectivity index (χ0n) is 13.6. The zero-order valence-corrected chi connectivity index (χ0v) is 14.4. The molecule has 0 unspecified atom stereocenters. The topological polar surface area (TPSA) is 75.8 Å². The van der Waals surface area contributed by atoms with Crippen LogP contribution in [0.5, 0.6) is 0 Å². The number of fused-ring (bicyclic) bond motifs is 1. The largest absolute Gasteiger partial charge is 0.457 e. The Morgan fingerprint density at radius 2 is 2.28 bits per heavy atom. The number of hydrogen-bond acceptors (Lipinski definition) is 4. The number of rotatable bonds is 6. The van der Waals surface area contributed by atoms with Crippen LogP contribution in [0.1, 0.15) is 30.5 Å². The first-order chi connectivity index (χ1) is 12.2. The van der Waals surface area contributed by atoms with Crippen LogP contribution in [0.3, 0.4) is 0 Å². The fraction of sp³-hybridized carbons (Fsp3) is 0.278. The third-order valence-electron chi connectivity index (χ3n) is 4.18. The first-order valence-electron chi connectivity index (χ1n) is 8.31. The number of hydrogen-bond donors (Lipinski definition) is 2. The predicted octanol–water partition coefficient (Wildman–Crippen LogP) is 3.39. The maximum atomic E-state index is 12.0. The van der Waals surface area contributed by atoms with Gasteiger partial charge in [0.2, 0.25) is 5.91 Å². The van der Waals surface area contributed by atoms with Crippen molar-refractivity contribution in [2.75, 3.05) is 6.54 Å². The molecule has 1 saturated carbocycles. The van der Waals surface area contributed by atoms with Gasteiger partial charge in [0.15, 0.2) is 4.77 Å². The minimum atomic E-state index is -0.160. The number of benzene rings is 1. The highest BCUT2D eigenvalue weighted by Crippen LogP contribution is 2.35.